The van der Waals surface area contributed by atoms with Crippen LogP contribution in [0.25, 0.3) is 0 Å². The lowest BCUT2D eigenvalue weighted by molar-refractivity contribution is 0.0682. The largest absolute Gasteiger partial charge is 0.396 e. The SMILES string of the molecule is CCN(C(=O)c1c(N)cnn1CC)C1CCCC1. The van der Waals surface area contributed by atoms with Crippen LogP contribution in [0.4, 0.5) is 5.69 Å². The van der Waals surface area contributed by atoms with E-state index in [4.69, 9.17) is 5.73 Å². The van der Waals surface area contributed by atoms with Crippen molar-refractivity contribution in [3.63, 3.8) is 0 Å². The summed E-state index contributed by atoms with van der Waals surface area (Å²) in [5.74, 6) is 0.0289. The number of rotatable bonds is 4. The number of carbonyl (C=O) groups excluding carboxylic acids is 1. The van der Waals surface area contributed by atoms with E-state index < -0.39 is 0 Å². The maximum absolute atomic E-state index is 12.6. The summed E-state index contributed by atoms with van der Waals surface area (Å²) in [5, 5.41) is 4.14. The molecule has 2 rings (SSSR count). The number of nitrogens with zero attached hydrogens (tertiary/aromatic N) is 3. The Labute approximate surface area is 108 Å². The molecule has 0 unspecified atom stereocenters. The first-order valence-corrected chi connectivity index (χ1v) is 6.81. The van der Waals surface area contributed by atoms with Crippen molar-refractivity contribution in [1.82, 2.24) is 14.7 Å². The van der Waals surface area contributed by atoms with E-state index >= 15 is 0 Å². The van der Waals surface area contributed by atoms with Crippen molar-refractivity contribution in [2.75, 3.05) is 12.3 Å². The molecule has 1 amide bonds. The van der Waals surface area contributed by atoms with E-state index in [2.05, 4.69) is 5.10 Å². The molecule has 0 atom stereocenters. The number of nitrogens with two attached hydrogens (primary N) is 1. The summed E-state index contributed by atoms with van der Waals surface area (Å²) in [7, 11) is 0. The Bertz CT molecular complexity index is 421. The first kappa shape index (κ1) is 12.9. The van der Waals surface area contributed by atoms with Gasteiger partial charge in [-0.25, -0.2) is 0 Å². The van der Waals surface area contributed by atoms with Crippen LogP contribution in [0.15, 0.2) is 6.20 Å². The Morgan fingerprint density at radius 1 is 1.50 bits per heavy atom. The molecule has 1 aromatic rings. The minimum Gasteiger partial charge on any atom is -0.396 e. The van der Waals surface area contributed by atoms with Crippen LogP contribution in [-0.2, 0) is 6.54 Å². The standard InChI is InChI=1S/C13H22N4O/c1-3-16(10-7-5-6-8-10)13(18)12-11(14)9-15-17(12)4-2/h9-10H,3-8,14H2,1-2H3. The van der Waals surface area contributed by atoms with Crippen molar-refractivity contribution >= 4 is 11.6 Å². The molecular weight excluding hydrogens is 228 g/mol. The monoisotopic (exact) mass is 250 g/mol. The van der Waals surface area contributed by atoms with Gasteiger partial charge in [0, 0.05) is 19.1 Å². The number of aromatic nitrogens is 2. The van der Waals surface area contributed by atoms with Crippen molar-refractivity contribution in [3.05, 3.63) is 11.9 Å². The summed E-state index contributed by atoms with van der Waals surface area (Å²) in [6, 6.07) is 0.377. The van der Waals surface area contributed by atoms with Gasteiger partial charge in [0.15, 0.2) is 0 Å². The topological polar surface area (TPSA) is 64.2 Å². The van der Waals surface area contributed by atoms with Crippen molar-refractivity contribution in [1.29, 1.82) is 0 Å². The fraction of sp³-hybridized carbons (Fsp3) is 0.692. The second-order valence-electron chi connectivity index (χ2n) is 4.79. The van der Waals surface area contributed by atoms with E-state index in [1.54, 1.807) is 10.9 Å². The lowest BCUT2D eigenvalue weighted by Gasteiger charge is -2.28. The average Bonchev–Trinajstić information content (AvgIpc) is 2.99. The van der Waals surface area contributed by atoms with Crippen molar-refractivity contribution in [2.45, 2.75) is 52.1 Å². The quantitative estimate of drug-likeness (QED) is 0.887. The van der Waals surface area contributed by atoms with Crippen molar-refractivity contribution in [3.8, 4) is 0 Å². The van der Waals surface area contributed by atoms with Gasteiger partial charge in [-0.05, 0) is 26.7 Å². The van der Waals surface area contributed by atoms with Gasteiger partial charge in [-0.3, -0.25) is 9.48 Å². The lowest BCUT2D eigenvalue weighted by Crippen LogP contribution is -2.40. The predicted octanol–water partition coefficient (Wildman–Crippen LogP) is 1.89. The minimum absolute atomic E-state index is 0.0289. The Hall–Kier alpha value is -1.52. The molecule has 1 fully saturated rings. The van der Waals surface area contributed by atoms with Gasteiger partial charge in [0.1, 0.15) is 5.69 Å². The molecular formula is C13H22N4O. The van der Waals surface area contributed by atoms with E-state index in [9.17, 15) is 4.79 Å². The van der Waals surface area contributed by atoms with Gasteiger partial charge in [0.05, 0.1) is 11.9 Å². The first-order chi connectivity index (χ1) is 8.69. The lowest BCUT2D eigenvalue weighted by atomic mass is 10.2. The molecule has 1 heterocycles. The molecule has 5 heteroatoms. The Morgan fingerprint density at radius 3 is 2.72 bits per heavy atom. The number of amides is 1. The summed E-state index contributed by atoms with van der Waals surface area (Å²) in [6.45, 7) is 5.40. The predicted molar refractivity (Wildman–Crippen MR) is 71.3 cm³/mol. The van der Waals surface area contributed by atoms with Gasteiger partial charge in [0.25, 0.3) is 5.91 Å². The highest BCUT2D eigenvalue weighted by Crippen LogP contribution is 2.25. The number of aryl methyl sites for hydroxylation is 1. The zero-order valence-corrected chi connectivity index (χ0v) is 11.2. The minimum atomic E-state index is 0.0289. The average molecular weight is 250 g/mol. The fourth-order valence-corrected chi connectivity index (χ4v) is 2.79. The molecule has 0 bridgehead atoms. The molecule has 0 saturated heterocycles. The van der Waals surface area contributed by atoms with Gasteiger partial charge in [-0.2, -0.15) is 5.10 Å². The van der Waals surface area contributed by atoms with Crippen LogP contribution in [0, 0.1) is 0 Å². The Balaban J connectivity index is 2.25. The van der Waals surface area contributed by atoms with E-state index in [0.717, 1.165) is 19.4 Å². The summed E-state index contributed by atoms with van der Waals surface area (Å²) in [6.07, 6.45) is 6.23. The molecule has 1 aliphatic rings. The summed E-state index contributed by atoms with van der Waals surface area (Å²) in [4.78, 5) is 14.6. The summed E-state index contributed by atoms with van der Waals surface area (Å²) < 4.78 is 1.69. The first-order valence-electron chi connectivity index (χ1n) is 6.81. The molecule has 0 aliphatic heterocycles. The third-order valence-corrected chi connectivity index (χ3v) is 3.74. The number of nitrogen functional groups attached to an aromatic ring is 1. The third-order valence-electron chi connectivity index (χ3n) is 3.74. The summed E-state index contributed by atoms with van der Waals surface area (Å²) >= 11 is 0. The third kappa shape index (κ3) is 2.21. The number of anilines is 1. The van der Waals surface area contributed by atoms with Crippen LogP contribution in [0.1, 0.15) is 50.0 Å². The van der Waals surface area contributed by atoms with Crippen LogP contribution >= 0.6 is 0 Å². The van der Waals surface area contributed by atoms with E-state index in [1.165, 1.54) is 12.8 Å². The maximum atomic E-state index is 12.6. The van der Waals surface area contributed by atoms with Crippen LogP contribution in [0.2, 0.25) is 0 Å². The van der Waals surface area contributed by atoms with Crippen LogP contribution in [0.5, 0.6) is 0 Å². The molecule has 0 spiro atoms. The van der Waals surface area contributed by atoms with Gasteiger partial charge >= 0.3 is 0 Å². The van der Waals surface area contributed by atoms with Crippen LogP contribution < -0.4 is 5.73 Å². The maximum Gasteiger partial charge on any atom is 0.274 e. The highest BCUT2D eigenvalue weighted by molar-refractivity contribution is 5.97. The molecule has 1 aromatic heterocycles. The van der Waals surface area contributed by atoms with Gasteiger partial charge in [0.2, 0.25) is 0 Å². The number of hydrogen-bond donors (Lipinski definition) is 1. The van der Waals surface area contributed by atoms with Gasteiger partial charge < -0.3 is 10.6 Å². The van der Waals surface area contributed by atoms with Crippen LogP contribution in [0.3, 0.4) is 0 Å². The van der Waals surface area contributed by atoms with Crippen molar-refractivity contribution < 1.29 is 4.79 Å². The normalized spacial score (nSPS) is 16.1. The van der Waals surface area contributed by atoms with Gasteiger partial charge in [-0.1, -0.05) is 12.8 Å². The molecule has 18 heavy (non-hydrogen) atoms. The number of hydrogen-bond acceptors (Lipinski definition) is 3. The molecule has 1 aliphatic carbocycles. The molecule has 100 valence electrons. The Kier molecular flexibility index (Phi) is 3.89. The van der Waals surface area contributed by atoms with E-state index in [0.29, 0.717) is 24.0 Å². The number of carbonyl (C=O) groups is 1. The molecule has 5 nitrogen and oxygen atoms in total. The zero-order valence-electron chi connectivity index (χ0n) is 11.2. The fourth-order valence-electron chi connectivity index (χ4n) is 2.79. The summed E-state index contributed by atoms with van der Waals surface area (Å²) in [5.41, 5.74) is 6.91. The molecule has 0 radical (unpaired) electrons. The second-order valence-corrected chi connectivity index (χ2v) is 4.79. The zero-order chi connectivity index (χ0) is 13.1. The molecule has 0 aromatic carbocycles. The van der Waals surface area contributed by atoms with Gasteiger partial charge in [-0.15, -0.1) is 0 Å². The van der Waals surface area contributed by atoms with Crippen molar-refractivity contribution in [2.24, 2.45) is 0 Å². The molecule has 2 N–H and O–H groups in total. The highest BCUT2D eigenvalue weighted by Gasteiger charge is 2.29. The van der Waals surface area contributed by atoms with Crippen LogP contribution in [-0.4, -0.2) is 33.2 Å². The second kappa shape index (κ2) is 5.42. The molecule has 1 saturated carbocycles. The Morgan fingerprint density at radius 2 is 2.17 bits per heavy atom. The highest BCUT2D eigenvalue weighted by atomic mass is 16.2. The van der Waals surface area contributed by atoms with E-state index in [-0.39, 0.29) is 5.91 Å². The smallest absolute Gasteiger partial charge is 0.274 e. The van der Waals surface area contributed by atoms with E-state index in [1.807, 2.05) is 18.7 Å².